The van der Waals surface area contributed by atoms with E-state index in [0.717, 1.165) is 0 Å². The van der Waals surface area contributed by atoms with E-state index in [1.165, 1.54) is 28.7 Å². The molecule has 7 nitrogen and oxygen atoms in total. The summed E-state index contributed by atoms with van der Waals surface area (Å²) >= 11 is 1.17. The lowest BCUT2D eigenvalue weighted by molar-refractivity contribution is -0.145. The van der Waals surface area contributed by atoms with Crippen LogP contribution >= 0.6 is 11.3 Å². The maximum atomic E-state index is 11.9. The quantitative estimate of drug-likeness (QED) is 0.766. The minimum absolute atomic E-state index is 0.0982. The van der Waals surface area contributed by atoms with Crippen molar-refractivity contribution in [2.45, 2.75) is 13.3 Å². The summed E-state index contributed by atoms with van der Waals surface area (Å²) < 4.78 is 9.47. The topological polar surface area (TPSA) is 85.8 Å². The lowest BCUT2D eigenvalue weighted by Gasteiger charge is -2.11. The molecule has 1 amide bonds. The molecule has 1 aromatic rings. The molecule has 0 spiro atoms. The predicted octanol–water partition coefficient (Wildman–Crippen LogP) is 0.846. The molecule has 108 valence electrons. The smallest absolute Gasteiger partial charge is 0.357 e. The Morgan fingerprint density at radius 2 is 2.30 bits per heavy atom. The molecular formula is C12H14N2O5S. The Kier molecular flexibility index (Phi) is 4.33. The maximum absolute atomic E-state index is 11.9. The van der Waals surface area contributed by atoms with Crippen LogP contribution in [0.2, 0.25) is 0 Å². The molecule has 1 unspecified atom stereocenters. The Balaban J connectivity index is 2.11. The molecule has 1 aliphatic heterocycles. The van der Waals surface area contributed by atoms with Gasteiger partial charge in [0.05, 0.1) is 19.6 Å². The largest absolute Gasteiger partial charge is 0.469 e. The molecule has 1 saturated heterocycles. The van der Waals surface area contributed by atoms with Crippen molar-refractivity contribution >= 4 is 34.3 Å². The Bertz CT molecular complexity index is 542. The van der Waals surface area contributed by atoms with E-state index in [9.17, 15) is 14.4 Å². The highest BCUT2D eigenvalue weighted by Gasteiger charge is 2.37. The van der Waals surface area contributed by atoms with E-state index in [-0.39, 0.29) is 31.2 Å². The lowest BCUT2D eigenvalue weighted by Crippen LogP contribution is -2.26. The third-order valence-corrected chi connectivity index (χ3v) is 3.73. The molecule has 1 aliphatic rings. The minimum atomic E-state index is -0.522. The zero-order valence-corrected chi connectivity index (χ0v) is 11.9. The molecule has 0 radical (unpaired) electrons. The normalized spacial score (nSPS) is 18.2. The highest BCUT2D eigenvalue weighted by Crippen LogP contribution is 2.28. The van der Waals surface area contributed by atoms with Crippen LogP contribution in [0.25, 0.3) is 0 Å². The fraction of sp³-hybridized carbons (Fsp3) is 0.500. The first kappa shape index (κ1) is 14.4. The Morgan fingerprint density at radius 3 is 2.95 bits per heavy atom. The van der Waals surface area contributed by atoms with Crippen LogP contribution in [0, 0.1) is 5.92 Å². The second-order valence-corrected chi connectivity index (χ2v) is 5.00. The zero-order chi connectivity index (χ0) is 14.7. The SMILES string of the molecule is CCOC(=O)c1csc(N2CC(C(=O)OC)CC2=O)n1. The highest BCUT2D eigenvalue weighted by molar-refractivity contribution is 7.14. The number of anilines is 1. The van der Waals surface area contributed by atoms with Gasteiger partial charge in [0.2, 0.25) is 5.91 Å². The van der Waals surface area contributed by atoms with Gasteiger partial charge < -0.3 is 9.47 Å². The van der Waals surface area contributed by atoms with Gasteiger partial charge >= 0.3 is 11.9 Å². The van der Waals surface area contributed by atoms with Crippen LogP contribution in [-0.2, 0) is 19.1 Å². The van der Waals surface area contributed by atoms with Crippen LogP contribution in [-0.4, -0.2) is 43.1 Å². The summed E-state index contributed by atoms with van der Waals surface area (Å²) in [5, 5.41) is 1.93. The van der Waals surface area contributed by atoms with Crippen molar-refractivity contribution in [3.8, 4) is 0 Å². The number of nitrogens with zero attached hydrogens (tertiary/aromatic N) is 2. The van der Waals surface area contributed by atoms with E-state index < -0.39 is 17.9 Å². The average molecular weight is 298 g/mol. The van der Waals surface area contributed by atoms with E-state index in [4.69, 9.17) is 4.74 Å². The van der Waals surface area contributed by atoms with Gasteiger partial charge in [-0.25, -0.2) is 9.78 Å². The lowest BCUT2D eigenvalue weighted by atomic mass is 10.1. The molecule has 0 N–H and O–H groups in total. The summed E-state index contributed by atoms with van der Waals surface area (Å²) in [4.78, 5) is 40.3. The van der Waals surface area contributed by atoms with E-state index >= 15 is 0 Å². The molecule has 0 aromatic carbocycles. The number of rotatable bonds is 4. The Labute approximate surface area is 119 Å². The molecule has 1 atom stereocenters. The van der Waals surface area contributed by atoms with E-state index in [2.05, 4.69) is 9.72 Å². The third kappa shape index (κ3) is 2.79. The summed E-state index contributed by atoms with van der Waals surface area (Å²) in [6, 6.07) is 0. The van der Waals surface area contributed by atoms with Crippen LogP contribution in [0.1, 0.15) is 23.8 Å². The summed E-state index contributed by atoms with van der Waals surface area (Å²) in [5.74, 6) is -1.62. The first-order valence-electron chi connectivity index (χ1n) is 6.07. The molecule has 2 rings (SSSR count). The van der Waals surface area contributed by atoms with Crippen molar-refractivity contribution in [2.75, 3.05) is 25.2 Å². The Morgan fingerprint density at radius 1 is 1.55 bits per heavy atom. The summed E-state index contributed by atoms with van der Waals surface area (Å²) in [6.45, 7) is 2.19. The van der Waals surface area contributed by atoms with Crippen molar-refractivity contribution in [1.29, 1.82) is 0 Å². The first-order valence-corrected chi connectivity index (χ1v) is 6.95. The molecule has 0 saturated carbocycles. The number of thiazole rings is 1. The minimum Gasteiger partial charge on any atom is -0.469 e. The Hall–Kier alpha value is -1.96. The van der Waals surface area contributed by atoms with Gasteiger partial charge in [-0.1, -0.05) is 0 Å². The summed E-state index contributed by atoms with van der Waals surface area (Å²) in [7, 11) is 1.29. The van der Waals surface area contributed by atoms with Gasteiger partial charge in [0.1, 0.15) is 0 Å². The molecular weight excluding hydrogens is 284 g/mol. The predicted molar refractivity (Wildman–Crippen MR) is 70.5 cm³/mol. The molecule has 8 heteroatoms. The average Bonchev–Trinajstić information content (AvgIpc) is 3.04. The molecule has 20 heavy (non-hydrogen) atoms. The van der Waals surface area contributed by atoms with Gasteiger partial charge in [0.25, 0.3) is 0 Å². The number of methoxy groups -OCH3 is 1. The fourth-order valence-electron chi connectivity index (χ4n) is 1.90. The number of carbonyl (C=O) groups excluding carboxylic acids is 3. The van der Waals surface area contributed by atoms with Crippen LogP contribution in [0.3, 0.4) is 0 Å². The van der Waals surface area contributed by atoms with Crippen molar-refractivity contribution in [1.82, 2.24) is 4.98 Å². The van der Waals surface area contributed by atoms with E-state index in [0.29, 0.717) is 5.13 Å². The maximum Gasteiger partial charge on any atom is 0.357 e. The van der Waals surface area contributed by atoms with Crippen molar-refractivity contribution in [3.05, 3.63) is 11.1 Å². The van der Waals surface area contributed by atoms with Gasteiger partial charge in [-0.2, -0.15) is 0 Å². The van der Waals surface area contributed by atoms with E-state index in [1.54, 1.807) is 6.92 Å². The van der Waals surface area contributed by atoms with Crippen LogP contribution in [0.15, 0.2) is 5.38 Å². The molecule has 0 bridgehead atoms. The van der Waals surface area contributed by atoms with Crippen molar-refractivity contribution in [3.63, 3.8) is 0 Å². The second-order valence-electron chi connectivity index (χ2n) is 4.16. The number of esters is 2. The number of aromatic nitrogens is 1. The molecule has 0 aliphatic carbocycles. The fourth-order valence-corrected chi connectivity index (χ4v) is 2.72. The number of ether oxygens (including phenoxy) is 2. The van der Waals surface area contributed by atoms with Crippen LogP contribution < -0.4 is 4.90 Å². The third-order valence-electron chi connectivity index (χ3n) is 2.87. The van der Waals surface area contributed by atoms with Gasteiger partial charge in [-0.3, -0.25) is 14.5 Å². The summed E-state index contributed by atoms with van der Waals surface area (Å²) in [6.07, 6.45) is 0.0982. The van der Waals surface area contributed by atoms with Gasteiger partial charge in [0.15, 0.2) is 10.8 Å². The molecule has 2 heterocycles. The van der Waals surface area contributed by atoms with Crippen LogP contribution in [0.5, 0.6) is 0 Å². The number of hydrogen-bond acceptors (Lipinski definition) is 7. The van der Waals surface area contributed by atoms with Crippen molar-refractivity contribution < 1.29 is 23.9 Å². The molecule has 1 aromatic heterocycles. The van der Waals surface area contributed by atoms with E-state index in [1.807, 2.05) is 0 Å². The monoisotopic (exact) mass is 298 g/mol. The number of hydrogen-bond donors (Lipinski definition) is 0. The second kappa shape index (κ2) is 6.00. The number of amides is 1. The van der Waals surface area contributed by atoms with Gasteiger partial charge in [0, 0.05) is 18.3 Å². The van der Waals surface area contributed by atoms with Gasteiger partial charge in [-0.05, 0) is 6.92 Å². The zero-order valence-electron chi connectivity index (χ0n) is 11.1. The molecule has 1 fully saturated rings. The van der Waals surface area contributed by atoms with Gasteiger partial charge in [-0.15, -0.1) is 11.3 Å². The van der Waals surface area contributed by atoms with Crippen molar-refractivity contribution in [2.24, 2.45) is 5.92 Å². The first-order chi connectivity index (χ1) is 9.56. The standard InChI is InChI=1S/C12H14N2O5S/c1-3-19-11(17)8-6-20-12(13-8)14-5-7(4-9(14)15)10(16)18-2/h6-7H,3-5H2,1-2H3. The highest BCUT2D eigenvalue weighted by atomic mass is 32.1. The van der Waals surface area contributed by atoms with Crippen LogP contribution in [0.4, 0.5) is 5.13 Å². The number of carbonyl (C=O) groups is 3. The summed E-state index contributed by atoms with van der Waals surface area (Å²) in [5.41, 5.74) is 0.168.